The molecule has 6 heteroatoms. The molecule has 0 amide bonds. The second kappa shape index (κ2) is 7.68. The second-order valence-electron chi connectivity index (χ2n) is 4.74. The summed E-state index contributed by atoms with van der Waals surface area (Å²) in [5.41, 5.74) is 1.50. The largest absolute Gasteiger partial charge is 0.405 e. The zero-order chi connectivity index (χ0) is 16.0. The van der Waals surface area contributed by atoms with Gasteiger partial charge in [0.25, 0.3) is 0 Å². The third-order valence-electron chi connectivity index (χ3n) is 3.39. The molecule has 0 aliphatic carbocycles. The number of hydrogen-bond acceptors (Lipinski definition) is 4. The molecule has 0 aliphatic rings. The zero-order valence-electron chi connectivity index (χ0n) is 12.5. The van der Waals surface area contributed by atoms with Crippen molar-refractivity contribution in [1.82, 2.24) is 5.09 Å². The molecule has 2 rings (SSSR count). The molecule has 0 saturated carbocycles. The van der Waals surface area contributed by atoms with Crippen LogP contribution in [0.25, 0.3) is 0 Å². The molecule has 2 aromatic carbocycles. The first-order valence-electron chi connectivity index (χ1n) is 6.87. The van der Waals surface area contributed by atoms with Crippen LogP contribution in [0.2, 0.25) is 0 Å². The van der Waals surface area contributed by atoms with E-state index in [1.165, 1.54) is 14.2 Å². The number of aliphatic hydroxyl groups is 1. The van der Waals surface area contributed by atoms with Crippen molar-refractivity contribution in [2.45, 2.75) is 12.1 Å². The summed E-state index contributed by atoms with van der Waals surface area (Å²) in [5, 5.41) is 13.5. The molecular formula is C16H20NO4P. The van der Waals surface area contributed by atoms with Gasteiger partial charge >= 0.3 is 7.75 Å². The van der Waals surface area contributed by atoms with E-state index in [4.69, 9.17) is 9.05 Å². The van der Waals surface area contributed by atoms with E-state index in [0.717, 1.165) is 5.56 Å². The highest BCUT2D eigenvalue weighted by atomic mass is 31.2. The van der Waals surface area contributed by atoms with E-state index in [-0.39, 0.29) is 0 Å². The minimum absolute atomic E-state index is 0.630. The number of hydrogen-bond donors (Lipinski definition) is 2. The lowest BCUT2D eigenvalue weighted by atomic mass is 9.97. The predicted molar refractivity (Wildman–Crippen MR) is 85.3 cm³/mol. The Bertz CT molecular complexity index is 613. The van der Waals surface area contributed by atoms with Gasteiger partial charge in [-0.15, -0.1) is 0 Å². The van der Waals surface area contributed by atoms with E-state index in [1.807, 2.05) is 60.7 Å². The van der Waals surface area contributed by atoms with Crippen LogP contribution in [0.5, 0.6) is 0 Å². The molecule has 22 heavy (non-hydrogen) atoms. The third-order valence-corrected chi connectivity index (χ3v) is 4.95. The summed E-state index contributed by atoms with van der Waals surface area (Å²) < 4.78 is 22.3. The summed E-state index contributed by atoms with van der Waals surface area (Å²) in [4.78, 5) is 0. The van der Waals surface area contributed by atoms with Gasteiger partial charge in [0.15, 0.2) is 0 Å². The Kier molecular flexibility index (Phi) is 5.89. The average molecular weight is 321 g/mol. The topological polar surface area (TPSA) is 67.8 Å². The van der Waals surface area contributed by atoms with Crippen molar-refractivity contribution in [3.8, 4) is 0 Å². The van der Waals surface area contributed by atoms with Crippen LogP contribution in [0.1, 0.15) is 23.3 Å². The first-order chi connectivity index (χ1) is 10.6. The third kappa shape index (κ3) is 4.03. The molecular weight excluding hydrogens is 301 g/mol. The lowest BCUT2D eigenvalue weighted by molar-refractivity contribution is 0.131. The highest BCUT2D eigenvalue weighted by Crippen LogP contribution is 2.46. The van der Waals surface area contributed by atoms with Crippen molar-refractivity contribution in [3.05, 3.63) is 71.8 Å². The molecule has 0 fully saturated rings. The standard InChI is InChI=1S/C16H20NO4P/c1-20-22(19,21-2)17-15(13-9-5-3-6-10-13)16(18)14-11-7-4-8-12-14/h3-12,15-16,18H,1-2H3,(H,17,19). The molecule has 118 valence electrons. The molecule has 0 aliphatic heterocycles. The molecule has 2 N–H and O–H groups in total. The molecule has 2 atom stereocenters. The molecule has 5 nitrogen and oxygen atoms in total. The molecule has 0 aromatic heterocycles. The summed E-state index contributed by atoms with van der Waals surface area (Å²) in [6.07, 6.45) is -0.901. The Labute approximate surface area is 130 Å². The quantitative estimate of drug-likeness (QED) is 0.765. The van der Waals surface area contributed by atoms with Gasteiger partial charge in [-0.3, -0.25) is 0 Å². The SMILES string of the molecule is COP(=O)(NC(c1ccccc1)C(O)c1ccccc1)OC. The van der Waals surface area contributed by atoms with E-state index in [2.05, 4.69) is 5.09 Å². The fourth-order valence-corrected chi connectivity index (χ4v) is 3.17. The van der Waals surface area contributed by atoms with Crippen molar-refractivity contribution in [3.63, 3.8) is 0 Å². The Balaban J connectivity index is 2.36. The smallest absolute Gasteiger partial charge is 0.386 e. The zero-order valence-corrected chi connectivity index (χ0v) is 13.4. The Morgan fingerprint density at radius 3 is 1.82 bits per heavy atom. The minimum atomic E-state index is -3.49. The molecule has 0 saturated heterocycles. The summed E-state index contributed by atoms with van der Waals surface area (Å²) in [5.74, 6) is 0. The average Bonchev–Trinajstić information content (AvgIpc) is 2.60. The number of nitrogens with one attached hydrogen (secondary N) is 1. The van der Waals surface area contributed by atoms with Crippen LogP contribution in [-0.4, -0.2) is 19.3 Å². The maximum atomic E-state index is 12.4. The molecule has 0 radical (unpaired) electrons. The highest BCUT2D eigenvalue weighted by Gasteiger charge is 2.31. The first kappa shape index (κ1) is 16.9. The van der Waals surface area contributed by atoms with Crippen LogP contribution in [-0.2, 0) is 13.6 Å². The van der Waals surface area contributed by atoms with E-state index < -0.39 is 19.9 Å². The van der Waals surface area contributed by atoms with Crippen LogP contribution in [0, 0.1) is 0 Å². The van der Waals surface area contributed by atoms with Crippen molar-refractivity contribution in [2.75, 3.05) is 14.2 Å². The number of rotatable bonds is 7. The van der Waals surface area contributed by atoms with Crippen LogP contribution in [0.15, 0.2) is 60.7 Å². The van der Waals surface area contributed by atoms with E-state index in [0.29, 0.717) is 5.56 Å². The summed E-state index contributed by atoms with van der Waals surface area (Å²) in [6, 6.07) is 17.8. The summed E-state index contributed by atoms with van der Waals surface area (Å²) in [7, 11) is -0.887. The molecule has 2 unspecified atom stereocenters. The van der Waals surface area contributed by atoms with Gasteiger partial charge in [-0.2, -0.15) is 0 Å². The van der Waals surface area contributed by atoms with Gasteiger partial charge in [0.05, 0.1) is 12.1 Å². The van der Waals surface area contributed by atoms with Gasteiger partial charge < -0.3 is 14.2 Å². The van der Waals surface area contributed by atoms with Crippen molar-refractivity contribution < 1.29 is 18.7 Å². The van der Waals surface area contributed by atoms with Crippen molar-refractivity contribution in [1.29, 1.82) is 0 Å². The van der Waals surface area contributed by atoms with Gasteiger partial charge in [0, 0.05) is 14.2 Å². The maximum Gasteiger partial charge on any atom is 0.405 e. The fourth-order valence-electron chi connectivity index (χ4n) is 2.18. The van der Waals surface area contributed by atoms with Crippen LogP contribution >= 0.6 is 7.75 Å². The predicted octanol–water partition coefficient (Wildman–Crippen LogP) is 3.45. The van der Waals surface area contributed by atoms with Gasteiger partial charge in [-0.1, -0.05) is 60.7 Å². The van der Waals surface area contributed by atoms with Gasteiger partial charge in [0.2, 0.25) is 0 Å². The van der Waals surface area contributed by atoms with Crippen molar-refractivity contribution in [2.24, 2.45) is 0 Å². The Morgan fingerprint density at radius 1 is 0.909 bits per heavy atom. The molecule has 2 aromatic rings. The van der Waals surface area contributed by atoms with Gasteiger partial charge in [-0.25, -0.2) is 9.65 Å². The lowest BCUT2D eigenvalue weighted by Gasteiger charge is -2.27. The molecule has 0 bridgehead atoms. The highest BCUT2D eigenvalue weighted by molar-refractivity contribution is 7.51. The second-order valence-corrected chi connectivity index (χ2v) is 6.72. The van der Waals surface area contributed by atoms with Crippen LogP contribution < -0.4 is 5.09 Å². The summed E-state index contributed by atoms with van der Waals surface area (Å²) >= 11 is 0. The van der Waals surface area contributed by atoms with Gasteiger partial charge in [0.1, 0.15) is 0 Å². The lowest BCUT2D eigenvalue weighted by Crippen LogP contribution is -2.26. The first-order valence-corrected chi connectivity index (χ1v) is 8.41. The normalized spacial score (nSPS) is 14.5. The maximum absolute atomic E-state index is 12.4. The Morgan fingerprint density at radius 2 is 1.36 bits per heavy atom. The van der Waals surface area contributed by atoms with E-state index in [9.17, 15) is 9.67 Å². The molecule has 0 spiro atoms. The monoisotopic (exact) mass is 321 g/mol. The number of benzene rings is 2. The van der Waals surface area contributed by atoms with Gasteiger partial charge in [-0.05, 0) is 11.1 Å². The van der Waals surface area contributed by atoms with E-state index >= 15 is 0 Å². The number of aliphatic hydroxyl groups excluding tert-OH is 1. The Hall–Kier alpha value is -1.49. The minimum Gasteiger partial charge on any atom is -0.386 e. The van der Waals surface area contributed by atoms with Crippen LogP contribution in [0.3, 0.4) is 0 Å². The van der Waals surface area contributed by atoms with Crippen LogP contribution in [0.4, 0.5) is 0 Å². The molecule has 0 heterocycles. The van der Waals surface area contributed by atoms with Crippen molar-refractivity contribution >= 4 is 7.75 Å². The summed E-state index contributed by atoms with van der Waals surface area (Å²) in [6.45, 7) is 0. The fraction of sp³-hybridized carbons (Fsp3) is 0.250. The van der Waals surface area contributed by atoms with E-state index in [1.54, 1.807) is 0 Å².